The first-order valence-corrected chi connectivity index (χ1v) is 4.97. The van der Waals surface area contributed by atoms with Crippen molar-refractivity contribution in [1.82, 2.24) is 0 Å². The van der Waals surface area contributed by atoms with Crippen LogP contribution in [-0.4, -0.2) is 11.1 Å². The van der Waals surface area contributed by atoms with Crippen molar-refractivity contribution in [3.63, 3.8) is 0 Å². The van der Waals surface area contributed by atoms with Gasteiger partial charge < -0.3 is 5.11 Å². The Labute approximate surface area is 72.0 Å². The quantitative estimate of drug-likeness (QED) is 0.646. The van der Waals surface area contributed by atoms with E-state index in [1.54, 1.807) is 0 Å². The molecule has 12 heavy (non-hydrogen) atoms. The molecule has 1 spiro atoms. The first kappa shape index (κ1) is 6.93. The van der Waals surface area contributed by atoms with Crippen LogP contribution in [0.1, 0.15) is 32.1 Å². The highest BCUT2D eigenvalue weighted by molar-refractivity contribution is 5.75. The average Bonchev–Trinajstić information content (AvgIpc) is 2.82. The van der Waals surface area contributed by atoms with Crippen molar-refractivity contribution in [3.05, 3.63) is 0 Å². The first-order valence-electron chi connectivity index (χ1n) is 4.97. The molecular weight excluding hydrogens is 152 g/mol. The van der Waals surface area contributed by atoms with E-state index >= 15 is 0 Å². The summed E-state index contributed by atoms with van der Waals surface area (Å²) >= 11 is 0. The summed E-state index contributed by atoms with van der Waals surface area (Å²) in [6.45, 7) is 0. The highest BCUT2D eigenvalue weighted by Crippen LogP contribution is 2.73. The fourth-order valence-corrected chi connectivity index (χ4v) is 3.49. The molecule has 66 valence electrons. The van der Waals surface area contributed by atoms with Crippen LogP contribution in [0.5, 0.6) is 0 Å². The van der Waals surface area contributed by atoms with Crippen molar-refractivity contribution in [3.8, 4) is 0 Å². The van der Waals surface area contributed by atoms with E-state index in [-0.39, 0.29) is 5.92 Å². The molecule has 1 N–H and O–H groups in total. The second kappa shape index (κ2) is 1.86. The summed E-state index contributed by atoms with van der Waals surface area (Å²) in [5.74, 6) is 1.23. The van der Waals surface area contributed by atoms with E-state index in [9.17, 15) is 4.79 Å². The van der Waals surface area contributed by atoms with Crippen molar-refractivity contribution < 1.29 is 9.90 Å². The molecule has 3 aliphatic carbocycles. The van der Waals surface area contributed by atoms with Crippen molar-refractivity contribution in [2.45, 2.75) is 32.1 Å². The fraction of sp³-hybridized carbons (Fsp3) is 0.900. The molecule has 0 bridgehead atoms. The molecule has 2 heteroatoms. The summed E-state index contributed by atoms with van der Waals surface area (Å²) in [5, 5.41) is 8.91. The van der Waals surface area contributed by atoms with Crippen molar-refractivity contribution in [1.29, 1.82) is 0 Å². The summed E-state index contributed by atoms with van der Waals surface area (Å²) in [6.07, 6.45) is 6.18. The van der Waals surface area contributed by atoms with Gasteiger partial charge in [-0.1, -0.05) is 12.8 Å². The van der Waals surface area contributed by atoms with E-state index in [0.29, 0.717) is 5.41 Å². The Morgan fingerprint density at radius 2 is 2.33 bits per heavy atom. The zero-order valence-electron chi connectivity index (χ0n) is 7.12. The van der Waals surface area contributed by atoms with Gasteiger partial charge in [0.1, 0.15) is 0 Å². The number of fused-ring (bicyclic) bond motifs is 2. The Kier molecular flexibility index (Phi) is 1.07. The Bertz CT molecular complexity index is 248. The molecule has 0 aromatic carbocycles. The minimum absolute atomic E-state index is 0.0350. The lowest BCUT2D eigenvalue weighted by molar-refractivity contribution is -0.139. The average molecular weight is 166 g/mol. The van der Waals surface area contributed by atoms with Crippen molar-refractivity contribution >= 4 is 5.97 Å². The minimum atomic E-state index is -0.539. The van der Waals surface area contributed by atoms with Gasteiger partial charge in [0.25, 0.3) is 0 Å². The molecule has 0 heterocycles. The standard InChI is InChI=1S/C10H14O2/c11-9(12)8-5-10(8)3-1-2-6-4-7(6)10/h6-8H,1-5H2,(H,11,12). The van der Waals surface area contributed by atoms with Gasteiger partial charge in [-0.25, -0.2) is 0 Å². The molecule has 0 saturated heterocycles. The highest BCUT2D eigenvalue weighted by atomic mass is 16.4. The number of aliphatic carboxylic acids is 1. The second-order valence-corrected chi connectivity index (χ2v) is 4.82. The largest absolute Gasteiger partial charge is 0.481 e. The lowest BCUT2D eigenvalue weighted by Crippen LogP contribution is -2.17. The van der Waals surface area contributed by atoms with Gasteiger partial charge in [-0.05, 0) is 36.5 Å². The van der Waals surface area contributed by atoms with Crippen LogP contribution in [0.25, 0.3) is 0 Å². The number of rotatable bonds is 1. The molecule has 0 amide bonds. The third kappa shape index (κ3) is 0.686. The lowest BCUT2D eigenvalue weighted by atomic mass is 9.84. The van der Waals surface area contributed by atoms with E-state index in [2.05, 4.69) is 0 Å². The second-order valence-electron chi connectivity index (χ2n) is 4.82. The predicted molar refractivity (Wildman–Crippen MR) is 43.6 cm³/mol. The van der Waals surface area contributed by atoms with Gasteiger partial charge in [0.05, 0.1) is 5.92 Å². The normalized spacial score (nSPS) is 54.8. The van der Waals surface area contributed by atoms with Gasteiger partial charge in [-0.15, -0.1) is 0 Å². The van der Waals surface area contributed by atoms with Crippen LogP contribution in [0.3, 0.4) is 0 Å². The molecule has 0 radical (unpaired) electrons. The lowest BCUT2D eigenvalue weighted by Gasteiger charge is -2.20. The maximum atomic E-state index is 10.8. The van der Waals surface area contributed by atoms with Gasteiger partial charge in [0.15, 0.2) is 0 Å². The van der Waals surface area contributed by atoms with Gasteiger partial charge in [-0.3, -0.25) is 4.79 Å². The summed E-state index contributed by atoms with van der Waals surface area (Å²) in [6, 6.07) is 0. The SMILES string of the molecule is O=C(O)C1CC12CCCC1CC12. The van der Waals surface area contributed by atoms with Gasteiger partial charge >= 0.3 is 5.97 Å². The topological polar surface area (TPSA) is 37.3 Å². The molecule has 3 saturated carbocycles. The zero-order chi connectivity index (χ0) is 8.34. The maximum absolute atomic E-state index is 10.8. The van der Waals surface area contributed by atoms with E-state index in [0.717, 1.165) is 18.3 Å². The van der Waals surface area contributed by atoms with Crippen molar-refractivity contribution in [2.24, 2.45) is 23.2 Å². The molecule has 0 aliphatic heterocycles. The van der Waals surface area contributed by atoms with Crippen LogP contribution in [0, 0.1) is 23.2 Å². The predicted octanol–water partition coefficient (Wildman–Crippen LogP) is 1.90. The smallest absolute Gasteiger partial charge is 0.307 e. The monoisotopic (exact) mass is 166 g/mol. The van der Waals surface area contributed by atoms with Crippen LogP contribution in [0.4, 0.5) is 0 Å². The Balaban J connectivity index is 1.81. The third-order valence-corrected chi connectivity index (χ3v) is 4.29. The number of carbonyl (C=O) groups is 1. The number of carboxylic acid groups (broad SMARTS) is 1. The number of carboxylic acids is 1. The number of hydrogen-bond acceptors (Lipinski definition) is 1. The highest BCUT2D eigenvalue weighted by Gasteiger charge is 2.69. The Morgan fingerprint density at radius 3 is 3.00 bits per heavy atom. The molecule has 4 atom stereocenters. The summed E-state index contributed by atoms with van der Waals surface area (Å²) in [5.41, 5.74) is 0.300. The first-order chi connectivity index (χ1) is 5.74. The third-order valence-electron chi connectivity index (χ3n) is 4.29. The van der Waals surface area contributed by atoms with Crippen LogP contribution in [0.15, 0.2) is 0 Å². The molecule has 2 nitrogen and oxygen atoms in total. The van der Waals surface area contributed by atoms with Crippen LogP contribution in [0.2, 0.25) is 0 Å². The van der Waals surface area contributed by atoms with Crippen LogP contribution < -0.4 is 0 Å². The molecule has 0 aromatic heterocycles. The van der Waals surface area contributed by atoms with Crippen molar-refractivity contribution in [2.75, 3.05) is 0 Å². The van der Waals surface area contributed by atoms with Crippen LogP contribution >= 0.6 is 0 Å². The van der Waals surface area contributed by atoms with E-state index in [4.69, 9.17) is 5.11 Å². The van der Waals surface area contributed by atoms with Gasteiger partial charge in [-0.2, -0.15) is 0 Å². The molecule has 0 aromatic rings. The summed E-state index contributed by atoms with van der Waals surface area (Å²) in [7, 11) is 0. The van der Waals surface area contributed by atoms with Gasteiger partial charge in [0.2, 0.25) is 0 Å². The summed E-state index contributed by atoms with van der Waals surface area (Å²) in [4.78, 5) is 10.8. The van der Waals surface area contributed by atoms with E-state index in [1.807, 2.05) is 0 Å². The zero-order valence-corrected chi connectivity index (χ0v) is 7.12. The fourth-order valence-electron chi connectivity index (χ4n) is 3.49. The number of hydrogen-bond donors (Lipinski definition) is 1. The Hall–Kier alpha value is -0.530. The van der Waals surface area contributed by atoms with Gasteiger partial charge in [0, 0.05) is 0 Å². The van der Waals surface area contributed by atoms with Crippen LogP contribution in [-0.2, 0) is 4.79 Å². The Morgan fingerprint density at radius 1 is 1.50 bits per heavy atom. The molecular formula is C10H14O2. The molecule has 3 fully saturated rings. The molecule has 4 unspecified atom stereocenters. The minimum Gasteiger partial charge on any atom is -0.481 e. The molecule has 3 aliphatic rings. The molecule has 3 rings (SSSR count). The van der Waals surface area contributed by atoms with E-state index < -0.39 is 5.97 Å². The summed E-state index contributed by atoms with van der Waals surface area (Å²) < 4.78 is 0. The maximum Gasteiger partial charge on any atom is 0.307 e. The van der Waals surface area contributed by atoms with E-state index in [1.165, 1.54) is 25.7 Å².